The second-order valence-electron chi connectivity index (χ2n) is 8.30. The van der Waals surface area contributed by atoms with Crippen LogP contribution in [-0.2, 0) is 11.2 Å². The first-order chi connectivity index (χ1) is 16.4. The number of hydrogen-bond acceptors (Lipinski definition) is 5. The average Bonchev–Trinajstić information content (AvgIpc) is 3.36. The van der Waals surface area contributed by atoms with Crippen molar-refractivity contribution in [2.45, 2.75) is 32.7 Å². The number of nitrogens with zero attached hydrogens (tertiary/aromatic N) is 3. The number of benzene rings is 2. The minimum atomic E-state index is -0.976. The van der Waals surface area contributed by atoms with E-state index < -0.39 is 17.7 Å². The highest BCUT2D eigenvalue weighted by Gasteiger charge is 2.20. The smallest absolute Gasteiger partial charge is 0.350 e. The number of imidazole rings is 1. The summed E-state index contributed by atoms with van der Waals surface area (Å²) in [5.74, 6) is 0.360. The Bertz CT molecular complexity index is 1310. The van der Waals surface area contributed by atoms with Gasteiger partial charge < -0.3 is 15.4 Å². The lowest BCUT2D eigenvalue weighted by molar-refractivity contribution is -0.137. The SMILES string of the molecule is Cc1ccc(C(CC(=O)O)n2cc(C)c(NCCc3ccc(-c4ncc[nH]4)cc3)nc2=O)cc1. The molecule has 0 aliphatic heterocycles. The van der Waals surface area contributed by atoms with Crippen molar-refractivity contribution in [3.8, 4) is 11.4 Å². The van der Waals surface area contributed by atoms with Crippen LogP contribution < -0.4 is 11.0 Å². The Morgan fingerprint density at radius 3 is 2.50 bits per heavy atom. The third-order valence-corrected chi connectivity index (χ3v) is 5.73. The quantitative estimate of drug-likeness (QED) is 0.351. The van der Waals surface area contributed by atoms with E-state index in [1.165, 1.54) is 4.57 Å². The molecule has 1 atom stereocenters. The fraction of sp³-hybridized carbons (Fsp3) is 0.231. The highest BCUT2D eigenvalue weighted by atomic mass is 16.4. The molecule has 34 heavy (non-hydrogen) atoms. The zero-order chi connectivity index (χ0) is 24.1. The van der Waals surface area contributed by atoms with Crippen LogP contribution in [-0.4, -0.2) is 37.1 Å². The fourth-order valence-electron chi connectivity index (χ4n) is 3.88. The van der Waals surface area contributed by atoms with Crippen LogP contribution in [0.25, 0.3) is 11.4 Å². The molecule has 0 saturated heterocycles. The molecule has 0 saturated carbocycles. The average molecular weight is 458 g/mol. The second kappa shape index (κ2) is 10.2. The number of anilines is 1. The number of H-pyrrole nitrogens is 1. The normalized spacial score (nSPS) is 11.8. The molecule has 1 unspecified atom stereocenters. The van der Waals surface area contributed by atoms with Gasteiger partial charge in [-0.05, 0) is 31.4 Å². The molecule has 0 bridgehead atoms. The van der Waals surface area contributed by atoms with Gasteiger partial charge in [0.05, 0.1) is 12.5 Å². The standard InChI is InChI=1S/C26H27N5O3/c1-17-3-7-20(8-4-17)22(15-23(32)33)31-16-18(2)24(30-26(31)34)27-12-11-19-5-9-21(10-6-19)25-28-13-14-29-25/h3-10,13-14,16,22H,11-12,15H2,1-2H3,(H,28,29)(H,32,33)(H,27,30,34). The molecule has 2 heterocycles. The minimum absolute atomic E-state index is 0.204. The van der Waals surface area contributed by atoms with E-state index in [2.05, 4.69) is 32.4 Å². The van der Waals surface area contributed by atoms with E-state index in [1.807, 2.05) is 50.2 Å². The summed E-state index contributed by atoms with van der Waals surface area (Å²) in [6.07, 6.45) is 5.75. The molecule has 8 heteroatoms. The number of aromatic amines is 1. The van der Waals surface area contributed by atoms with Crippen molar-refractivity contribution in [2.24, 2.45) is 0 Å². The van der Waals surface area contributed by atoms with E-state index in [1.54, 1.807) is 18.6 Å². The third kappa shape index (κ3) is 5.40. The van der Waals surface area contributed by atoms with Gasteiger partial charge in [0.2, 0.25) is 0 Å². The van der Waals surface area contributed by atoms with Gasteiger partial charge in [-0.3, -0.25) is 9.36 Å². The van der Waals surface area contributed by atoms with Crippen LogP contribution in [0.2, 0.25) is 0 Å². The van der Waals surface area contributed by atoms with Crippen LogP contribution in [0.3, 0.4) is 0 Å². The fourth-order valence-corrected chi connectivity index (χ4v) is 3.88. The van der Waals surface area contributed by atoms with E-state index in [4.69, 9.17) is 0 Å². The van der Waals surface area contributed by atoms with Crippen molar-refractivity contribution < 1.29 is 9.90 Å². The molecule has 2 aromatic heterocycles. The summed E-state index contributed by atoms with van der Waals surface area (Å²) in [6, 6.07) is 15.0. The summed E-state index contributed by atoms with van der Waals surface area (Å²) in [5.41, 5.74) is 4.28. The van der Waals surface area contributed by atoms with E-state index in [0.717, 1.165) is 40.1 Å². The van der Waals surface area contributed by atoms with Crippen molar-refractivity contribution in [3.63, 3.8) is 0 Å². The Labute approximate surface area is 197 Å². The number of rotatable bonds is 9. The van der Waals surface area contributed by atoms with Gasteiger partial charge in [-0.15, -0.1) is 0 Å². The Kier molecular flexibility index (Phi) is 6.87. The number of nitrogens with one attached hydrogen (secondary N) is 2. The zero-order valence-electron chi connectivity index (χ0n) is 19.2. The second-order valence-corrected chi connectivity index (χ2v) is 8.30. The molecule has 174 valence electrons. The predicted molar refractivity (Wildman–Crippen MR) is 131 cm³/mol. The molecule has 3 N–H and O–H groups in total. The summed E-state index contributed by atoms with van der Waals surface area (Å²) in [4.78, 5) is 35.9. The van der Waals surface area contributed by atoms with Gasteiger partial charge in [0.1, 0.15) is 11.6 Å². The Hall–Kier alpha value is -4.20. The molecule has 0 aliphatic rings. The van der Waals surface area contributed by atoms with Crippen LogP contribution in [0.5, 0.6) is 0 Å². The van der Waals surface area contributed by atoms with Gasteiger partial charge >= 0.3 is 11.7 Å². The number of carbonyl (C=O) groups is 1. The number of carboxylic acids is 1. The number of aliphatic carboxylic acids is 1. The van der Waals surface area contributed by atoms with E-state index in [9.17, 15) is 14.7 Å². The van der Waals surface area contributed by atoms with Crippen molar-refractivity contribution >= 4 is 11.8 Å². The van der Waals surface area contributed by atoms with E-state index in [0.29, 0.717) is 12.4 Å². The van der Waals surface area contributed by atoms with Gasteiger partial charge in [0.25, 0.3) is 0 Å². The molecular formula is C26H27N5O3. The summed E-state index contributed by atoms with van der Waals surface area (Å²) < 4.78 is 1.41. The number of carboxylic acid groups (broad SMARTS) is 1. The maximum absolute atomic E-state index is 12.8. The zero-order valence-corrected chi connectivity index (χ0v) is 19.2. The molecule has 0 amide bonds. The number of aromatic nitrogens is 4. The minimum Gasteiger partial charge on any atom is -0.481 e. The maximum Gasteiger partial charge on any atom is 0.350 e. The van der Waals surface area contributed by atoms with Gasteiger partial charge in [0, 0.05) is 36.3 Å². The van der Waals surface area contributed by atoms with Crippen molar-refractivity contribution in [3.05, 3.63) is 99.9 Å². The van der Waals surface area contributed by atoms with Crippen molar-refractivity contribution in [1.29, 1.82) is 0 Å². The highest BCUT2D eigenvalue weighted by molar-refractivity contribution is 5.68. The molecule has 4 aromatic rings. The molecule has 8 nitrogen and oxygen atoms in total. The predicted octanol–water partition coefficient (Wildman–Crippen LogP) is 3.97. The number of aryl methyl sites for hydroxylation is 2. The lowest BCUT2D eigenvalue weighted by Gasteiger charge is -2.20. The molecular weight excluding hydrogens is 430 g/mol. The van der Waals surface area contributed by atoms with Crippen LogP contribution in [0, 0.1) is 13.8 Å². The van der Waals surface area contributed by atoms with Crippen LogP contribution >= 0.6 is 0 Å². The van der Waals surface area contributed by atoms with Crippen LogP contribution in [0.4, 0.5) is 5.82 Å². The van der Waals surface area contributed by atoms with E-state index in [-0.39, 0.29) is 6.42 Å². The lowest BCUT2D eigenvalue weighted by atomic mass is 10.0. The van der Waals surface area contributed by atoms with Crippen LogP contribution in [0.15, 0.2) is 71.9 Å². The summed E-state index contributed by atoms with van der Waals surface area (Å²) in [6.45, 7) is 4.42. The van der Waals surface area contributed by atoms with Gasteiger partial charge in [-0.2, -0.15) is 4.98 Å². The molecule has 0 spiro atoms. The summed E-state index contributed by atoms with van der Waals surface area (Å²) in [7, 11) is 0. The van der Waals surface area contributed by atoms with Gasteiger partial charge in [0.15, 0.2) is 0 Å². The van der Waals surface area contributed by atoms with Crippen molar-refractivity contribution in [2.75, 3.05) is 11.9 Å². The molecule has 0 fully saturated rings. The first kappa shape index (κ1) is 23.0. The Balaban J connectivity index is 1.46. The number of hydrogen-bond donors (Lipinski definition) is 3. The largest absolute Gasteiger partial charge is 0.481 e. The highest BCUT2D eigenvalue weighted by Crippen LogP contribution is 2.23. The van der Waals surface area contributed by atoms with Crippen LogP contribution in [0.1, 0.15) is 34.7 Å². The first-order valence-electron chi connectivity index (χ1n) is 11.1. The molecule has 2 aromatic carbocycles. The van der Waals surface area contributed by atoms with Crippen molar-refractivity contribution in [1.82, 2.24) is 19.5 Å². The Morgan fingerprint density at radius 1 is 1.12 bits per heavy atom. The van der Waals surface area contributed by atoms with Gasteiger partial charge in [-0.1, -0.05) is 54.1 Å². The third-order valence-electron chi connectivity index (χ3n) is 5.73. The molecule has 0 radical (unpaired) electrons. The topological polar surface area (TPSA) is 113 Å². The lowest BCUT2D eigenvalue weighted by Crippen LogP contribution is -2.30. The first-order valence-corrected chi connectivity index (χ1v) is 11.1. The monoisotopic (exact) mass is 457 g/mol. The van der Waals surface area contributed by atoms with Gasteiger partial charge in [-0.25, -0.2) is 9.78 Å². The molecule has 0 aliphatic carbocycles. The maximum atomic E-state index is 12.8. The summed E-state index contributed by atoms with van der Waals surface area (Å²) in [5, 5.41) is 12.7. The van der Waals surface area contributed by atoms with E-state index >= 15 is 0 Å². The Morgan fingerprint density at radius 2 is 1.85 bits per heavy atom. The summed E-state index contributed by atoms with van der Waals surface area (Å²) >= 11 is 0. The molecule has 4 rings (SSSR count).